The van der Waals surface area contributed by atoms with Crippen molar-refractivity contribution in [2.24, 2.45) is 0 Å². The number of carbonyl (C=O) groups excluding carboxylic acids is 2. The second-order valence-corrected chi connectivity index (χ2v) is 5.15. The van der Waals surface area contributed by atoms with Gasteiger partial charge in [0.2, 0.25) is 11.8 Å². The second-order valence-electron chi connectivity index (χ2n) is 4.72. The third-order valence-corrected chi connectivity index (χ3v) is 3.25. The zero-order valence-electron chi connectivity index (χ0n) is 12.6. The molecule has 3 aromatic rings. The Labute approximate surface area is 146 Å². The van der Waals surface area contributed by atoms with Crippen LogP contribution in [0.25, 0.3) is 5.57 Å². The zero-order chi connectivity index (χ0) is 17.6. The minimum atomic E-state index is -0.768. The average molecular weight is 359 g/mol. The first-order valence-corrected chi connectivity index (χ1v) is 7.40. The minimum Gasteiger partial charge on any atom is -0.405 e. The van der Waals surface area contributed by atoms with Gasteiger partial charge in [-0.05, 0) is 17.7 Å². The molecule has 0 aliphatic rings. The van der Waals surface area contributed by atoms with E-state index in [2.05, 4.69) is 20.4 Å². The molecule has 0 bridgehead atoms. The van der Waals surface area contributed by atoms with Crippen LogP contribution >= 0.6 is 11.6 Å². The van der Waals surface area contributed by atoms with Crippen molar-refractivity contribution in [2.45, 2.75) is 0 Å². The van der Waals surface area contributed by atoms with Crippen LogP contribution in [0, 0.1) is 0 Å². The van der Waals surface area contributed by atoms with Crippen LogP contribution in [0.4, 0.5) is 0 Å². The summed E-state index contributed by atoms with van der Waals surface area (Å²) in [6.45, 7) is 0. The lowest BCUT2D eigenvalue weighted by molar-refractivity contribution is -0.131. The fraction of sp³-hybridized carbons (Fsp3) is 0. The summed E-state index contributed by atoms with van der Waals surface area (Å²) in [6, 6.07) is 9.30. The second kappa shape index (κ2) is 7.45. The molecular formula is C16H11ClN4O4. The number of nitrogens with zero attached hydrogens (tertiary/aromatic N) is 2. The van der Waals surface area contributed by atoms with Crippen LogP contribution in [0.15, 0.2) is 54.9 Å². The topological polar surface area (TPSA) is 110 Å². The van der Waals surface area contributed by atoms with Crippen molar-refractivity contribution in [3.63, 3.8) is 0 Å². The fourth-order valence-electron chi connectivity index (χ4n) is 1.90. The summed E-state index contributed by atoms with van der Waals surface area (Å²) in [5, 5.41) is 12.8. The molecule has 0 fully saturated rings. The number of H-pyrrole nitrogens is 2. The van der Waals surface area contributed by atoms with Crippen LogP contribution in [0.2, 0.25) is 5.02 Å². The van der Waals surface area contributed by atoms with Crippen LogP contribution in [0.3, 0.4) is 0 Å². The number of benzene rings is 1. The van der Waals surface area contributed by atoms with Gasteiger partial charge in [-0.2, -0.15) is 10.2 Å². The van der Waals surface area contributed by atoms with E-state index >= 15 is 0 Å². The quantitative estimate of drug-likeness (QED) is 0.535. The van der Waals surface area contributed by atoms with Crippen molar-refractivity contribution in [3.8, 4) is 11.8 Å². The van der Waals surface area contributed by atoms with E-state index in [0.29, 0.717) is 10.6 Å². The summed E-state index contributed by atoms with van der Waals surface area (Å²) in [5.74, 6) is -1.23. The van der Waals surface area contributed by atoms with Gasteiger partial charge in [0, 0.05) is 23.2 Å². The predicted molar refractivity (Wildman–Crippen MR) is 87.9 cm³/mol. The van der Waals surface area contributed by atoms with Crippen LogP contribution in [0.5, 0.6) is 11.8 Å². The molecule has 0 amide bonds. The third-order valence-electron chi connectivity index (χ3n) is 3.00. The van der Waals surface area contributed by atoms with Crippen molar-refractivity contribution in [1.29, 1.82) is 0 Å². The van der Waals surface area contributed by atoms with E-state index in [9.17, 15) is 9.59 Å². The fourth-order valence-corrected chi connectivity index (χ4v) is 2.03. The Morgan fingerprint density at radius 3 is 2.08 bits per heavy atom. The highest BCUT2D eigenvalue weighted by molar-refractivity contribution is 6.30. The predicted octanol–water partition coefficient (Wildman–Crippen LogP) is 2.38. The Bertz CT molecular complexity index is 887. The van der Waals surface area contributed by atoms with E-state index in [1.165, 1.54) is 24.5 Å². The number of esters is 2. The lowest BCUT2D eigenvalue weighted by Gasteiger charge is -2.07. The van der Waals surface area contributed by atoms with Crippen LogP contribution < -0.4 is 9.47 Å². The molecule has 0 aliphatic carbocycles. The van der Waals surface area contributed by atoms with Gasteiger partial charge in [0.1, 0.15) is 0 Å². The molecule has 2 heterocycles. The highest BCUT2D eigenvalue weighted by Gasteiger charge is 2.18. The largest absolute Gasteiger partial charge is 0.405 e. The first-order chi connectivity index (χ1) is 12.1. The SMILES string of the molecule is O=C(/C=C(/C(=O)Oc1ccn[nH]1)c1ccc(Cl)cc1)Oc1ccn[nH]1. The van der Waals surface area contributed by atoms with E-state index in [1.807, 2.05) is 0 Å². The average Bonchev–Trinajstić information content (AvgIpc) is 3.27. The highest BCUT2D eigenvalue weighted by Crippen LogP contribution is 2.20. The molecule has 3 rings (SSSR count). The van der Waals surface area contributed by atoms with E-state index in [4.69, 9.17) is 21.1 Å². The number of ether oxygens (including phenoxy) is 2. The van der Waals surface area contributed by atoms with Gasteiger partial charge in [0.15, 0.2) is 0 Å². The zero-order valence-corrected chi connectivity index (χ0v) is 13.4. The summed E-state index contributed by atoms with van der Waals surface area (Å²) in [4.78, 5) is 24.5. The van der Waals surface area contributed by atoms with E-state index in [0.717, 1.165) is 6.08 Å². The van der Waals surface area contributed by atoms with Gasteiger partial charge >= 0.3 is 11.9 Å². The Morgan fingerprint density at radius 1 is 0.920 bits per heavy atom. The molecule has 0 aliphatic heterocycles. The Balaban J connectivity index is 1.87. The van der Waals surface area contributed by atoms with Gasteiger partial charge < -0.3 is 9.47 Å². The number of hydrogen-bond donors (Lipinski definition) is 2. The van der Waals surface area contributed by atoms with Crippen LogP contribution in [-0.4, -0.2) is 32.3 Å². The van der Waals surface area contributed by atoms with E-state index < -0.39 is 11.9 Å². The summed E-state index contributed by atoms with van der Waals surface area (Å²) in [7, 11) is 0. The number of nitrogens with one attached hydrogen (secondary N) is 2. The lowest BCUT2D eigenvalue weighted by Crippen LogP contribution is -2.14. The molecule has 0 saturated heterocycles. The van der Waals surface area contributed by atoms with Gasteiger partial charge in [-0.15, -0.1) is 0 Å². The van der Waals surface area contributed by atoms with Crippen molar-refractivity contribution in [3.05, 3.63) is 65.5 Å². The van der Waals surface area contributed by atoms with Crippen LogP contribution in [-0.2, 0) is 9.59 Å². The maximum Gasteiger partial charge on any atom is 0.345 e. The van der Waals surface area contributed by atoms with Crippen molar-refractivity contribution >= 4 is 29.1 Å². The maximum absolute atomic E-state index is 12.4. The number of aromatic nitrogens is 4. The van der Waals surface area contributed by atoms with E-state index in [1.54, 1.807) is 24.3 Å². The molecule has 0 unspecified atom stereocenters. The number of carbonyl (C=O) groups is 2. The number of rotatable bonds is 5. The van der Waals surface area contributed by atoms with Gasteiger partial charge in [0.25, 0.3) is 0 Å². The minimum absolute atomic E-state index is 0.00391. The van der Waals surface area contributed by atoms with E-state index in [-0.39, 0.29) is 17.3 Å². The highest BCUT2D eigenvalue weighted by atomic mass is 35.5. The Morgan fingerprint density at radius 2 is 1.52 bits per heavy atom. The summed E-state index contributed by atoms with van der Waals surface area (Å²) >= 11 is 5.86. The summed E-state index contributed by atoms with van der Waals surface area (Å²) in [6.07, 6.45) is 3.89. The standard InChI is InChI=1S/C16H11ClN4O4/c17-11-3-1-10(2-4-11)12(16(23)25-14-6-8-19-21-14)9-15(22)24-13-5-7-18-20-13/h1-9H,(H,18,20)(H,19,21)/b12-9+. The molecule has 1 aromatic carbocycles. The normalized spacial score (nSPS) is 11.2. The molecule has 0 radical (unpaired) electrons. The summed E-state index contributed by atoms with van der Waals surface area (Å²) in [5.41, 5.74) is 0.436. The first-order valence-electron chi connectivity index (χ1n) is 7.02. The lowest BCUT2D eigenvalue weighted by atomic mass is 10.1. The van der Waals surface area contributed by atoms with Crippen molar-refractivity contribution < 1.29 is 19.1 Å². The smallest absolute Gasteiger partial charge is 0.345 e. The molecule has 0 saturated carbocycles. The molecule has 9 heteroatoms. The monoisotopic (exact) mass is 358 g/mol. The van der Waals surface area contributed by atoms with Gasteiger partial charge in [0.05, 0.1) is 18.0 Å². The summed E-state index contributed by atoms with van der Waals surface area (Å²) < 4.78 is 10.2. The maximum atomic E-state index is 12.4. The molecule has 0 spiro atoms. The van der Waals surface area contributed by atoms with Crippen molar-refractivity contribution in [2.75, 3.05) is 0 Å². The Hall–Kier alpha value is -3.39. The molecular weight excluding hydrogens is 348 g/mol. The number of halogens is 1. The van der Waals surface area contributed by atoms with Gasteiger partial charge in [-0.3, -0.25) is 0 Å². The molecule has 2 N–H and O–H groups in total. The molecule has 126 valence electrons. The first kappa shape index (κ1) is 16.5. The molecule has 8 nitrogen and oxygen atoms in total. The van der Waals surface area contributed by atoms with Crippen molar-refractivity contribution in [1.82, 2.24) is 20.4 Å². The third kappa shape index (κ3) is 4.33. The molecule has 25 heavy (non-hydrogen) atoms. The molecule has 0 atom stereocenters. The number of hydrogen-bond acceptors (Lipinski definition) is 6. The molecule has 2 aromatic heterocycles. The van der Waals surface area contributed by atoms with Gasteiger partial charge in [-0.25, -0.2) is 19.8 Å². The number of aromatic amines is 2. The van der Waals surface area contributed by atoms with Gasteiger partial charge in [-0.1, -0.05) is 23.7 Å². The Kier molecular flexibility index (Phi) is 4.91. The van der Waals surface area contributed by atoms with Crippen LogP contribution in [0.1, 0.15) is 5.56 Å².